The van der Waals surface area contributed by atoms with Crippen LogP contribution in [-0.4, -0.2) is 29.3 Å². The molecule has 0 atom stereocenters. The third-order valence-corrected chi connectivity index (χ3v) is 3.79. The van der Waals surface area contributed by atoms with Crippen molar-refractivity contribution < 1.29 is 9.59 Å². The molecule has 5 nitrogen and oxygen atoms in total. The fourth-order valence-corrected chi connectivity index (χ4v) is 2.76. The van der Waals surface area contributed by atoms with Gasteiger partial charge in [0.1, 0.15) is 0 Å². The van der Waals surface area contributed by atoms with Crippen molar-refractivity contribution in [2.45, 2.75) is 38.6 Å². The normalized spacial score (nSPS) is 15.2. The Bertz CT molecular complexity index is 522. The minimum absolute atomic E-state index is 0.0448. The lowest BCUT2D eigenvalue weighted by Crippen LogP contribution is -2.44. The highest BCUT2D eigenvalue weighted by Gasteiger charge is 2.29. The predicted molar refractivity (Wildman–Crippen MR) is 78.1 cm³/mol. The number of nitrogens with two attached hydrogens (primary N) is 2. The van der Waals surface area contributed by atoms with Crippen LogP contribution in [0.1, 0.15) is 41.6 Å². The summed E-state index contributed by atoms with van der Waals surface area (Å²) in [5, 5.41) is 0. The molecular formula is C15H21N3O2. The summed E-state index contributed by atoms with van der Waals surface area (Å²) >= 11 is 0. The van der Waals surface area contributed by atoms with Crippen LogP contribution >= 0.6 is 0 Å². The fraction of sp³-hybridized carbons (Fsp3) is 0.467. The largest absolute Gasteiger partial charge is 0.398 e. The van der Waals surface area contributed by atoms with E-state index >= 15 is 0 Å². The van der Waals surface area contributed by atoms with E-state index in [4.69, 9.17) is 11.5 Å². The summed E-state index contributed by atoms with van der Waals surface area (Å²) in [4.78, 5) is 25.5. The van der Waals surface area contributed by atoms with Gasteiger partial charge in [-0.15, -0.1) is 0 Å². The zero-order chi connectivity index (χ0) is 14.7. The molecule has 20 heavy (non-hydrogen) atoms. The summed E-state index contributed by atoms with van der Waals surface area (Å²) in [5.41, 5.74) is 13.0. The van der Waals surface area contributed by atoms with E-state index < -0.39 is 5.91 Å². The maximum Gasteiger partial charge on any atom is 0.256 e. The van der Waals surface area contributed by atoms with E-state index in [1.807, 2.05) is 13.0 Å². The van der Waals surface area contributed by atoms with Gasteiger partial charge in [-0.05, 0) is 31.9 Å². The van der Waals surface area contributed by atoms with Crippen molar-refractivity contribution in [2.24, 2.45) is 5.73 Å². The average Bonchev–Trinajstić information content (AvgIpc) is 2.91. The van der Waals surface area contributed by atoms with Gasteiger partial charge in [0, 0.05) is 11.7 Å². The lowest BCUT2D eigenvalue weighted by molar-refractivity contribution is -0.119. The molecule has 4 N–H and O–H groups in total. The smallest absolute Gasteiger partial charge is 0.256 e. The molecule has 0 unspecified atom stereocenters. The van der Waals surface area contributed by atoms with Crippen LogP contribution in [0.4, 0.5) is 5.69 Å². The Labute approximate surface area is 118 Å². The van der Waals surface area contributed by atoms with E-state index in [1.165, 1.54) is 0 Å². The Morgan fingerprint density at radius 3 is 2.55 bits per heavy atom. The van der Waals surface area contributed by atoms with Gasteiger partial charge in [0.15, 0.2) is 0 Å². The number of carbonyl (C=O) groups excluding carboxylic acids is 2. The first-order chi connectivity index (χ1) is 9.49. The van der Waals surface area contributed by atoms with Crippen LogP contribution in [0.15, 0.2) is 18.2 Å². The maximum atomic E-state index is 12.7. The summed E-state index contributed by atoms with van der Waals surface area (Å²) in [6.45, 7) is 1.86. The van der Waals surface area contributed by atoms with E-state index in [9.17, 15) is 9.59 Å². The molecule has 0 bridgehead atoms. The number of carbonyl (C=O) groups is 2. The monoisotopic (exact) mass is 275 g/mol. The molecule has 2 rings (SSSR count). The Balaban J connectivity index is 2.29. The van der Waals surface area contributed by atoms with Gasteiger partial charge in [0.25, 0.3) is 5.91 Å². The van der Waals surface area contributed by atoms with Crippen molar-refractivity contribution in [3.05, 3.63) is 29.3 Å². The first kappa shape index (κ1) is 14.4. The molecule has 1 aromatic rings. The molecule has 0 radical (unpaired) electrons. The number of nitrogen functional groups attached to an aromatic ring is 1. The standard InChI is InChI=1S/C15H21N3O2/c1-10-6-7-13(16)12(8-10)15(20)18(9-14(17)19)11-4-2-3-5-11/h6-8,11H,2-5,9,16H2,1H3,(H2,17,19). The molecule has 0 aliphatic heterocycles. The summed E-state index contributed by atoms with van der Waals surface area (Å²) in [5.74, 6) is -0.687. The van der Waals surface area contributed by atoms with Crippen LogP contribution in [0.5, 0.6) is 0 Å². The number of anilines is 1. The molecule has 1 saturated carbocycles. The summed E-state index contributed by atoms with van der Waals surface area (Å²) < 4.78 is 0. The second kappa shape index (κ2) is 5.94. The van der Waals surface area contributed by atoms with Crippen molar-refractivity contribution in [1.82, 2.24) is 4.90 Å². The highest BCUT2D eigenvalue weighted by Crippen LogP contribution is 2.26. The Hall–Kier alpha value is -2.04. The molecule has 0 aromatic heterocycles. The Kier molecular flexibility index (Phi) is 4.27. The van der Waals surface area contributed by atoms with Crippen LogP contribution in [-0.2, 0) is 4.79 Å². The predicted octanol–water partition coefficient (Wildman–Crippen LogP) is 1.45. The molecule has 1 aliphatic rings. The maximum absolute atomic E-state index is 12.7. The molecule has 5 heteroatoms. The van der Waals surface area contributed by atoms with E-state index in [2.05, 4.69) is 0 Å². The van der Waals surface area contributed by atoms with Gasteiger partial charge < -0.3 is 16.4 Å². The van der Waals surface area contributed by atoms with E-state index in [0.29, 0.717) is 11.3 Å². The van der Waals surface area contributed by atoms with Crippen molar-refractivity contribution in [1.29, 1.82) is 0 Å². The molecule has 108 valence electrons. The average molecular weight is 275 g/mol. The van der Waals surface area contributed by atoms with Crippen LogP contribution < -0.4 is 11.5 Å². The highest BCUT2D eigenvalue weighted by molar-refractivity contribution is 6.01. The van der Waals surface area contributed by atoms with Crippen LogP contribution in [0.2, 0.25) is 0 Å². The molecule has 1 aromatic carbocycles. The quantitative estimate of drug-likeness (QED) is 0.815. The van der Waals surface area contributed by atoms with Gasteiger partial charge in [-0.3, -0.25) is 9.59 Å². The molecule has 2 amide bonds. The Morgan fingerprint density at radius 2 is 1.95 bits per heavy atom. The number of aryl methyl sites for hydroxylation is 1. The van der Waals surface area contributed by atoms with E-state index in [1.54, 1.807) is 17.0 Å². The van der Waals surface area contributed by atoms with Crippen molar-refractivity contribution in [2.75, 3.05) is 12.3 Å². The molecular weight excluding hydrogens is 254 g/mol. The number of rotatable bonds is 4. The summed E-state index contributed by atoms with van der Waals surface area (Å²) in [6, 6.07) is 5.44. The first-order valence-corrected chi connectivity index (χ1v) is 6.94. The first-order valence-electron chi connectivity index (χ1n) is 6.94. The molecule has 1 aliphatic carbocycles. The number of hydrogen-bond donors (Lipinski definition) is 2. The van der Waals surface area contributed by atoms with E-state index in [-0.39, 0.29) is 18.5 Å². The Morgan fingerprint density at radius 1 is 1.30 bits per heavy atom. The topological polar surface area (TPSA) is 89.4 Å². The van der Waals surface area contributed by atoms with Crippen molar-refractivity contribution in [3.63, 3.8) is 0 Å². The second-order valence-corrected chi connectivity index (χ2v) is 5.43. The fourth-order valence-electron chi connectivity index (χ4n) is 2.76. The van der Waals surface area contributed by atoms with Crippen molar-refractivity contribution in [3.8, 4) is 0 Å². The van der Waals surface area contributed by atoms with Gasteiger partial charge in [-0.25, -0.2) is 0 Å². The zero-order valence-electron chi connectivity index (χ0n) is 11.8. The number of amides is 2. The lowest BCUT2D eigenvalue weighted by Gasteiger charge is -2.28. The molecule has 0 spiro atoms. The second-order valence-electron chi connectivity index (χ2n) is 5.43. The minimum atomic E-state index is -0.489. The van der Waals surface area contributed by atoms with Gasteiger partial charge in [0.05, 0.1) is 12.1 Å². The van der Waals surface area contributed by atoms with Gasteiger partial charge in [-0.2, -0.15) is 0 Å². The zero-order valence-corrected chi connectivity index (χ0v) is 11.8. The number of hydrogen-bond acceptors (Lipinski definition) is 3. The summed E-state index contributed by atoms with van der Waals surface area (Å²) in [7, 11) is 0. The molecule has 0 heterocycles. The summed E-state index contributed by atoms with van der Waals surface area (Å²) in [6.07, 6.45) is 4.00. The lowest BCUT2D eigenvalue weighted by atomic mass is 10.1. The molecule has 1 fully saturated rings. The van der Waals surface area contributed by atoms with E-state index in [0.717, 1.165) is 31.2 Å². The SMILES string of the molecule is Cc1ccc(N)c(C(=O)N(CC(N)=O)C2CCCC2)c1. The third-order valence-electron chi connectivity index (χ3n) is 3.79. The van der Waals surface area contributed by atoms with Crippen LogP contribution in [0.25, 0.3) is 0 Å². The molecule has 0 saturated heterocycles. The van der Waals surface area contributed by atoms with Gasteiger partial charge in [-0.1, -0.05) is 24.5 Å². The highest BCUT2D eigenvalue weighted by atomic mass is 16.2. The number of benzene rings is 1. The van der Waals surface area contributed by atoms with Gasteiger partial charge >= 0.3 is 0 Å². The van der Waals surface area contributed by atoms with Crippen molar-refractivity contribution >= 4 is 17.5 Å². The minimum Gasteiger partial charge on any atom is -0.398 e. The number of nitrogens with zero attached hydrogens (tertiary/aromatic N) is 1. The van der Waals surface area contributed by atoms with Gasteiger partial charge in [0.2, 0.25) is 5.91 Å². The van der Waals surface area contributed by atoms with Crippen LogP contribution in [0, 0.1) is 6.92 Å². The third kappa shape index (κ3) is 3.10. The van der Waals surface area contributed by atoms with Crippen LogP contribution in [0.3, 0.4) is 0 Å². The number of primary amides is 1.